The summed E-state index contributed by atoms with van der Waals surface area (Å²) in [6.07, 6.45) is 1.37. The van der Waals surface area contributed by atoms with Gasteiger partial charge in [0.05, 0.1) is 13.2 Å². The molecule has 0 aliphatic rings. The van der Waals surface area contributed by atoms with Crippen LogP contribution in [0.5, 0.6) is 0 Å². The predicted molar refractivity (Wildman–Crippen MR) is 57.2 cm³/mol. The molecule has 2 N–H and O–H groups in total. The molecule has 0 aromatic heterocycles. The topological polar surface area (TPSA) is 84.9 Å². The Balaban J connectivity index is 3.20. The van der Waals surface area contributed by atoms with Gasteiger partial charge in [-0.15, -0.1) is 0 Å². The molecule has 0 spiro atoms. The lowest BCUT2D eigenvalue weighted by Gasteiger charge is -2.05. The molecule has 0 saturated carbocycles. The Morgan fingerprint density at radius 2 is 2.00 bits per heavy atom. The minimum absolute atomic E-state index is 0.0162. The van der Waals surface area contributed by atoms with Crippen LogP contribution < -0.4 is 5.32 Å². The van der Waals surface area contributed by atoms with Gasteiger partial charge in [-0.3, -0.25) is 9.59 Å². The van der Waals surface area contributed by atoms with Gasteiger partial charge in [-0.2, -0.15) is 0 Å². The number of methoxy groups -OCH3 is 1. The lowest BCUT2D eigenvalue weighted by molar-refractivity contribution is -0.137. The average molecular weight is 233 g/mol. The van der Waals surface area contributed by atoms with Gasteiger partial charge < -0.3 is 19.9 Å². The van der Waals surface area contributed by atoms with Gasteiger partial charge >= 0.3 is 5.97 Å². The molecule has 0 atom stereocenters. The van der Waals surface area contributed by atoms with Crippen LogP contribution in [0.3, 0.4) is 0 Å². The number of nitrogens with one attached hydrogen (secondary N) is 1. The van der Waals surface area contributed by atoms with Gasteiger partial charge in [0.15, 0.2) is 0 Å². The molecular formula is C10H19NO5. The van der Waals surface area contributed by atoms with Crippen molar-refractivity contribution in [1.82, 2.24) is 5.32 Å². The number of unbranched alkanes of at least 4 members (excludes halogenated alkanes) is 1. The van der Waals surface area contributed by atoms with E-state index in [-0.39, 0.29) is 18.9 Å². The summed E-state index contributed by atoms with van der Waals surface area (Å²) in [6, 6.07) is 0. The molecule has 0 aliphatic carbocycles. The second-order valence-electron chi connectivity index (χ2n) is 3.25. The van der Waals surface area contributed by atoms with Gasteiger partial charge in [-0.05, 0) is 12.8 Å². The number of carboxylic acids is 1. The zero-order valence-electron chi connectivity index (χ0n) is 9.53. The maximum absolute atomic E-state index is 11.1. The van der Waals surface area contributed by atoms with E-state index in [1.165, 1.54) is 0 Å². The third kappa shape index (κ3) is 10.9. The second kappa shape index (κ2) is 10.4. The largest absolute Gasteiger partial charge is 0.481 e. The molecule has 0 bridgehead atoms. The number of ether oxygens (including phenoxy) is 2. The molecule has 0 fully saturated rings. The Hall–Kier alpha value is -1.14. The Morgan fingerprint density at radius 3 is 2.62 bits per heavy atom. The van der Waals surface area contributed by atoms with Crippen molar-refractivity contribution < 1.29 is 24.2 Å². The summed E-state index contributed by atoms with van der Waals surface area (Å²) in [6.45, 7) is 1.36. The molecule has 6 heteroatoms. The summed E-state index contributed by atoms with van der Waals surface area (Å²) in [5.41, 5.74) is 0. The predicted octanol–water partition coefficient (Wildman–Crippen LogP) is 0.0205. The second-order valence-corrected chi connectivity index (χ2v) is 3.25. The van der Waals surface area contributed by atoms with Crippen molar-refractivity contribution in [2.45, 2.75) is 19.3 Å². The number of carbonyl (C=O) groups excluding carboxylic acids is 1. The highest BCUT2D eigenvalue weighted by molar-refractivity contribution is 5.77. The first kappa shape index (κ1) is 14.9. The molecule has 6 nitrogen and oxygen atoms in total. The molecule has 0 saturated heterocycles. The summed E-state index contributed by atoms with van der Waals surface area (Å²) < 4.78 is 9.75. The van der Waals surface area contributed by atoms with E-state index in [1.807, 2.05) is 0 Å². The van der Waals surface area contributed by atoms with E-state index in [4.69, 9.17) is 14.6 Å². The smallest absolute Gasteiger partial charge is 0.303 e. The van der Waals surface area contributed by atoms with Crippen molar-refractivity contribution in [3.05, 3.63) is 0 Å². The molecule has 0 rings (SSSR count). The quantitative estimate of drug-likeness (QED) is 0.520. The Kier molecular flexibility index (Phi) is 9.64. The summed E-state index contributed by atoms with van der Waals surface area (Å²) >= 11 is 0. The number of hydrogen-bond donors (Lipinski definition) is 2. The van der Waals surface area contributed by atoms with Crippen LogP contribution in [0.25, 0.3) is 0 Å². The van der Waals surface area contributed by atoms with Crippen molar-refractivity contribution in [1.29, 1.82) is 0 Å². The highest BCUT2D eigenvalue weighted by Crippen LogP contribution is 1.93. The highest BCUT2D eigenvalue weighted by atomic mass is 16.5. The van der Waals surface area contributed by atoms with Gasteiger partial charge in [0.1, 0.15) is 6.61 Å². The molecule has 16 heavy (non-hydrogen) atoms. The molecule has 0 aromatic rings. The number of hydrogen-bond acceptors (Lipinski definition) is 4. The summed E-state index contributed by atoms with van der Waals surface area (Å²) in [5.74, 6) is -0.999. The molecule has 0 aliphatic heterocycles. The minimum Gasteiger partial charge on any atom is -0.481 e. The summed E-state index contributed by atoms with van der Waals surface area (Å²) in [5, 5.41) is 11.0. The van der Waals surface area contributed by atoms with Crippen LogP contribution in [0.4, 0.5) is 0 Å². The molecule has 0 heterocycles. The number of aliphatic carboxylic acids is 1. The van der Waals surface area contributed by atoms with Crippen LogP contribution in [0, 0.1) is 0 Å². The van der Waals surface area contributed by atoms with E-state index in [9.17, 15) is 9.59 Å². The van der Waals surface area contributed by atoms with Gasteiger partial charge in [0.25, 0.3) is 0 Å². The lowest BCUT2D eigenvalue weighted by Crippen LogP contribution is -2.29. The zero-order valence-corrected chi connectivity index (χ0v) is 9.53. The Labute approximate surface area is 94.9 Å². The monoisotopic (exact) mass is 233 g/mol. The molecular weight excluding hydrogens is 214 g/mol. The van der Waals surface area contributed by atoms with E-state index in [1.54, 1.807) is 7.11 Å². The highest BCUT2D eigenvalue weighted by Gasteiger charge is 2.01. The van der Waals surface area contributed by atoms with Crippen molar-refractivity contribution in [3.63, 3.8) is 0 Å². The fourth-order valence-corrected chi connectivity index (χ4v) is 0.987. The first-order valence-electron chi connectivity index (χ1n) is 5.22. The maximum atomic E-state index is 11.1. The third-order valence-electron chi connectivity index (χ3n) is 1.80. The van der Waals surface area contributed by atoms with Crippen LogP contribution in [-0.2, 0) is 19.1 Å². The van der Waals surface area contributed by atoms with Gasteiger partial charge in [-0.1, -0.05) is 0 Å². The summed E-state index contributed by atoms with van der Waals surface area (Å²) in [4.78, 5) is 21.3. The first-order chi connectivity index (χ1) is 7.66. The van der Waals surface area contributed by atoms with Crippen molar-refractivity contribution in [3.8, 4) is 0 Å². The third-order valence-corrected chi connectivity index (χ3v) is 1.80. The van der Waals surface area contributed by atoms with Crippen LogP contribution in [-0.4, -0.2) is 50.5 Å². The SMILES string of the molecule is COCCOCC(=O)NCCCCC(=O)O. The molecule has 0 aromatic carbocycles. The van der Waals surface area contributed by atoms with E-state index < -0.39 is 5.97 Å². The molecule has 1 amide bonds. The number of amides is 1. The average Bonchev–Trinajstić information content (AvgIpc) is 2.23. The molecule has 0 radical (unpaired) electrons. The minimum atomic E-state index is -0.811. The van der Waals surface area contributed by atoms with Crippen molar-refractivity contribution in [2.75, 3.05) is 33.5 Å². The lowest BCUT2D eigenvalue weighted by atomic mass is 10.2. The van der Waals surface area contributed by atoms with Gasteiger partial charge in [0.2, 0.25) is 5.91 Å². The van der Waals surface area contributed by atoms with Crippen LogP contribution in [0.15, 0.2) is 0 Å². The van der Waals surface area contributed by atoms with Crippen LogP contribution >= 0.6 is 0 Å². The van der Waals surface area contributed by atoms with Crippen molar-refractivity contribution >= 4 is 11.9 Å². The Bertz CT molecular complexity index is 207. The van der Waals surface area contributed by atoms with E-state index in [0.29, 0.717) is 32.6 Å². The van der Waals surface area contributed by atoms with E-state index in [0.717, 1.165) is 0 Å². The van der Waals surface area contributed by atoms with Gasteiger partial charge in [0, 0.05) is 20.1 Å². The van der Waals surface area contributed by atoms with Crippen molar-refractivity contribution in [2.24, 2.45) is 0 Å². The number of carbonyl (C=O) groups is 2. The molecule has 0 unspecified atom stereocenters. The van der Waals surface area contributed by atoms with Gasteiger partial charge in [-0.25, -0.2) is 0 Å². The fourth-order valence-electron chi connectivity index (χ4n) is 0.987. The maximum Gasteiger partial charge on any atom is 0.303 e. The standard InChI is InChI=1S/C10H19NO5/c1-15-6-7-16-8-9(12)11-5-3-2-4-10(13)14/h2-8H2,1H3,(H,11,12)(H,13,14). The first-order valence-corrected chi connectivity index (χ1v) is 5.22. The zero-order chi connectivity index (χ0) is 12.2. The van der Waals surface area contributed by atoms with Crippen LogP contribution in [0.2, 0.25) is 0 Å². The number of carboxylic acid groups (broad SMARTS) is 1. The van der Waals surface area contributed by atoms with Crippen LogP contribution in [0.1, 0.15) is 19.3 Å². The fraction of sp³-hybridized carbons (Fsp3) is 0.800. The summed E-state index contributed by atoms with van der Waals surface area (Å²) in [7, 11) is 1.56. The normalized spacial score (nSPS) is 10.1. The van der Waals surface area contributed by atoms with E-state index in [2.05, 4.69) is 5.32 Å². The number of rotatable bonds is 10. The van der Waals surface area contributed by atoms with E-state index >= 15 is 0 Å². The molecule has 94 valence electrons. The Morgan fingerprint density at radius 1 is 1.25 bits per heavy atom.